The van der Waals surface area contributed by atoms with E-state index in [0.717, 1.165) is 11.3 Å². The van der Waals surface area contributed by atoms with Crippen molar-refractivity contribution in [3.8, 4) is 0 Å². The number of hydrogen-bond acceptors (Lipinski definition) is 3. The zero-order valence-corrected chi connectivity index (χ0v) is 8.78. The average Bonchev–Trinajstić information content (AvgIpc) is 2.67. The minimum atomic E-state index is -0.350. The van der Waals surface area contributed by atoms with Crippen molar-refractivity contribution in [2.45, 2.75) is 11.8 Å². The zero-order valence-electron chi connectivity index (χ0n) is 7.96. The Hall–Kier alpha value is -1.49. The molecule has 0 aliphatic carbocycles. The number of primary amides is 1. The van der Waals surface area contributed by atoms with E-state index >= 15 is 0 Å². The Balaban J connectivity index is 1.99. The fourth-order valence-corrected chi connectivity index (χ4v) is 2.22. The van der Waals surface area contributed by atoms with Crippen LogP contribution in [0.1, 0.15) is 17.4 Å². The van der Waals surface area contributed by atoms with Crippen LogP contribution in [0.25, 0.3) is 5.32 Å². The lowest BCUT2D eigenvalue weighted by Gasteiger charge is -2.26. The van der Waals surface area contributed by atoms with Crippen molar-refractivity contribution in [2.75, 3.05) is 0 Å². The molecule has 0 radical (unpaired) electrons. The van der Waals surface area contributed by atoms with Gasteiger partial charge < -0.3 is 11.1 Å². The summed E-state index contributed by atoms with van der Waals surface area (Å²) in [5.74, 6) is -0.350. The summed E-state index contributed by atoms with van der Waals surface area (Å²) in [6, 6.07) is 3.84. The van der Waals surface area contributed by atoms with Gasteiger partial charge in [-0.3, -0.25) is 9.78 Å². The second-order valence-electron chi connectivity index (χ2n) is 3.16. The van der Waals surface area contributed by atoms with Crippen LogP contribution in [0, 0.1) is 0 Å². The van der Waals surface area contributed by atoms with Gasteiger partial charge in [-0.05, 0) is 22.4 Å². The third kappa shape index (κ3) is 2.50. The summed E-state index contributed by atoms with van der Waals surface area (Å²) in [6.07, 6.45) is 3.72. The molecule has 1 aliphatic rings. The van der Waals surface area contributed by atoms with Gasteiger partial charge in [0.25, 0.3) is 0 Å². The Morgan fingerprint density at radius 2 is 2.53 bits per heavy atom. The van der Waals surface area contributed by atoms with Gasteiger partial charge in [0.05, 0.1) is 0 Å². The number of nitrogens with two attached hydrogens (primary N) is 1. The van der Waals surface area contributed by atoms with E-state index in [2.05, 4.69) is 10.3 Å². The molecule has 0 spiro atoms. The van der Waals surface area contributed by atoms with Crippen LogP contribution in [0.15, 0.2) is 35.6 Å². The fraction of sp³-hybridized carbons (Fsp3) is 0.200. The number of aromatic nitrogens is 1. The minimum Gasteiger partial charge on any atom is -0.672 e. The SMILES string of the molecule is NC(=O)CC1=CSC(c2cccnc2)[N-]1. The molecule has 78 valence electrons. The zero-order chi connectivity index (χ0) is 10.7. The lowest BCUT2D eigenvalue weighted by molar-refractivity contribution is -0.117. The van der Waals surface area contributed by atoms with E-state index in [4.69, 9.17) is 5.73 Å². The highest BCUT2D eigenvalue weighted by Gasteiger charge is 2.08. The highest BCUT2D eigenvalue weighted by atomic mass is 32.2. The first-order chi connectivity index (χ1) is 7.25. The Morgan fingerprint density at radius 1 is 1.67 bits per heavy atom. The summed E-state index contributed by atoms with van der Waals surface area (Å²) in [7, 11) is 0. The minimum absolute atomic E-state index is 0.0213. The van der Waals surface area contributed by atoms with Gasteiger partial charge in [-0.15, -0.1) is 17.5 Å². The van der Waals surface area contributed by atoms with Crippen LogP contribution in [-0.4, -0.2) is 10.9 Å². The fourth-order valence-electron chi connectivity index (χ4n) is 1.30. The second-order valence-corrected chi connectivity index (χ2v) is 4.11. The van der Waals surface area contributed by atoms with Gasteiger partial charge in [0.1, 0.15) is 0 Å². The average molecular weight is 220 g/mol. The van der Waals surface area contributed by atoms with Gasteiger partial charge >= 0.3 is 0 Å². The molecule has 2 heterocycles. The molecule has 1 atom stereocenters. The number of hydrogen-bond donors (Lipinski definition) is 1. The molecule has 1 aromatic rings. The molecule has 2 rings (SSSR count). The van der Waals surface area contributed by atoms with Crippen LogP contribution in [0.5, 0.6) is 0 Å². The standard InChI is InChI=1S/C10H10N3OS/c11-9(14)4-8-6-15-10(13-8)7-2-1-3-12-5-7/h1-3,5-6,10H,4H2,(H2,11,14)/q-1. The third-order valence-electron chi connectivity index (χ3n) is 1.94. The number of rotatable bonds is 3. The first kappa shape index (κ1) is 10.0. The van der Waals surface area contributed by atoms with Crippen molar-refractivity contribution >= 4 is 17.7 Å². The maximum Gasteiger partial charge on any atom is 0.220 e. The Morgan fingerprint density at radius 3 is 3.20 bits per heavy atom. The third-order valence-corrected chi connectivity index (χ3v) is 2.98. The van der Waals surface area contributed by atoms with Gasteiger partial charge in [-0.25, -0.2) is 0 Å². The summed E-state index contributed by atoms with van der Waals surface area (Å²) >= 11 is 1.57. The van der Waals surface area contributed by atoms with Gasteiger partial charge in [-0.2, -0.15) is 0 Å². The van der Waals surface area contributed by atoms with Gasteiger partial charge in [0, 0.05) is 18.8 Å². The van der Waals surface area contributed by atoms with E-state index in [0.29, 0.717) is 0 Å². The molecule has 4 nitrogen and oxygen atoms in total. The number of nitrogens with zero attached hydrogens (tertiary/aromatic N) is 2. The first-order valence-electron chi connectivity index (χ1n) is 4.49. The molecule has 1 aromatic heterocycles. The molecule has 15 heavy (non-hydrogen) atoms. The normalized spacial score (nSPS) is 19.5. The lowest BCUT2D eigenvalue weighted by atomic mass is 10.2. The number of amides is 1. The molecule has 2 N–H and O–H groups in total. The summed E-state index contributed by atoms with van der Waals surface area (Å²) in [6.45, 7) is 0. The van der Waals surface area contributed by atoms with E-state index in [1.807, 2.05) is 17.5 Å². The Bertz CT molecular complexity index is 391. The molecule has 0 aromatic carbocycles. The predicted molar refractivity (Wildman–Crippen MR) is 59.8 cm³/mol. The van der Waals surface area contributed by atoms with Crippen molar-refractivity contribution in [3.05, 3.63) is 46.5 Å². The molecular formula is C10H10N3OS-. The molecule has 1 amide bonds. The molecule has 1 aliphatic heterocycles. The van der Waals surface area contributed by atoms with Crippen LogP contribution in [0.2, 0.25) is 0 Å². The Labute approximate surface area is 92.0 Å². The molecule has 0 saturated carbocycles. The van der Waals surface area contributed by atoms with Crippen LogP contribution >= 0.6 is 11.8 Å². The van der Waals surface area contributed by atoms with Gasteiger partial charge in [0.2, 0.25) is 5.91 Å². The van der Waals surface area contributed by atoms with Crippen LogP contribution < -0.4 is 5.73 Å². The quantitative estimate of drug-likeness (QED) is 0.845. The number of carbonyl (C=O) groups excluding carboxylic acids is 1. The highest BCUT2D eigenvalue weighted by molar-refractivity contribution is 8.02. The molecular weight excluding hydrogens is 210 g/mol. The van der Waals surface area contributed by atoms with Crippen molar-refractivity contribution in [3.63, 3.8) is 0 Å². The maximum atomic E-state index is 10.7. The van der Waals surface area contributed by atoms with E-state index in [-0.39, 0.29) is 17.7 Å². The van der Waals surface area contributed by atoms with Crippen molar-refractivity contribution in [1.82, 2.24) is 4.98 Å². The second kappa shape index (κ2) is 4.35. The van der Waals surface area contributed by atoms with Crippen LogP contribution in [0.3, 0.4) is 0 Å². The topological polar surface area (TPSA) is 70.1 Å². The predicted octanol–water partition coefficient (Wildman–Crippen LogP) is 1.92. The first-order valence-corrected chi connectivity index (χ1v) is 5.43. The molecule has 5 heteroatoms. The number of thioether (sulfide) groups is 1. The van der Waals surface area contributed by atoms with Gasteiger partial charge in [0.15, 0.2) is 0 Å². The monoisotopic (exact) mass is 220 g/mol. The van der Waals surface area contributed by atoms with Crippen LogP contribution in [-0.2, 0) is 4.79 Å². The van der Waals surface area contributed by atoms with Crippen molar-refractivity contribution < 1.29 is 4.79 Å². The Kier molecular flexibility index (Phi) is 2.91. The molecule has 0 bridgehead atoms. The number of carbonyl (C=O) groups is 1. The lowest BCUT2D eigenvalue weighted by Crippen LogP contribution is -2.10. The summed E-state index contributed by atoms with van der Waals surface area (Å²) in [5, 5.41) is 6.28. The summed E-state index contributed by atoms with van der Waals surface area (Å²) in [5.41, 5.74) is 6.89. The highest BCUT2D eigenvalue weighted by Crippen LogP contribution is 2.44. The summed E-state index contributed by atoms with van der Waals surface area (Å²) < 4.78 is 0. The van der Waals surface area contributed by atoms with Crippen molar-refractivity contribution in [2.24, 2.45) is 5.73 Å². The van der Waals surface area contributed by atoms with E-state index in [9.17, 15) is 4.79 Å². The number of pyridine rings is 1. The smallest absolute Gasteiger partial charge is 0.220 e. The maximum absolute atomic E-state index is 10.7. The van der Waals surface area contributed by atoms with E-state index in [1.165, 1.54) is 0 Å². The summed E-state index contributed by atoms with van der Waals surface area (Å²) in [4.78, 5) is 14.7. The van der Waals surface area contributed by atoms with E-state index < -0.39 is 0 Å². The van der Waals surface area contributed by atoms with Crippen LogP contribution in [0.4, 0.5) is 0 Å². The van der Waals surface area contributed by atoms with Gasteiger partial charge in [-0.1, -0.05) is 6.07 Å². The molecule has 1 unspecified atom stereocenters. The van der Waals surface area contributed by atoms with Crippen molar-refractivity contribution in [1.29, 1.82) is 0 Å². The van der Waals surface area contributed by atoms with E-state index in [1.54, 1.807) is 24.2 Å². The largest absolute Gasteiger partial charge is 0.672 e. The molecule has 0 fully saturated rings. The molecule has 0 saturated heterocycles.